The molecule has 1 aliphatic rings. The molecule has 0 atom stereocenters. The zero-order chi connectivity index (χ0) is 19.8. The van der Waals surface area contributed by atoms with Gasteiger partial charge in [0.25, 0.3) is 0 Å². The van der Waals surface area contributed by atoms with E-state index in [-0.39, 0.29) is 10.8 Å². The van der Waals surface area contributed by atoms with Crippen molar-refractivity contribution in [3.63, 3.8) is 0 Å². The summed E-state index contributed by atoms with van der Waals surface area (Å²) in [6.45, 7) is 1.95. The number of amides is 2. The van der Waals surface area contributed by atoms with Crippen LogP contribution < -0.4 is 20.1 Å². The minimum absolute atomic E-state index is 0.0879. The second kappa shape index (κ2) is 9.71. The highest BCUT2D eigenvalue weighted by Crippen LogP contribution is 2.40. The molecule has 2 amide bonds. The third-order valence-corrected chi connectivity index (χ3v) is 6.20. The van der Waals surface area contributed by atoms with Gasteiger partial charge in [0, 0.05) is 29.4 Å². The molecule has 3 rings (SSSR count). The highest BCUT2D eigenvalue weighted by atomic mass is 32.2. The molecule has 2 aromatic rings. The summed E-state index contributed by atoms with van der Waals surface area (Å²) in [5, 5.41) is 5.89. The monoisotopic (exact) mass is 402 g/mol. The number of hydrogen-bond acceptors (Lipinski definition) is 5. The first-order valence-electron chi connectivity index (χ1n) is 9.23. The van der Waals surface area contributed by atoms with Crippen LogP contribution in [0.25, 0.3) is 0 Å². The number of carbonyl (C=O) groups excluding carboxylic acids is 1. The minimum Gasteiger partial charge on any atom is -0.493 e. The number of carbonyl (C=O) groups is 1. The molecule has 0 saturated carbocycles. The van der Waals surface area contributed by atoms with Crippen LogP contribution in [-0.4, -0.2) is 44.8 Å². The Morgan fingerprint density at radius 3 is 2.50 bits per heavy atom. The third kappa shape index (κ3) is 5.11. The lowest BCUT2D eigenvalue weighted by molar-refractivity contribution is 0.0777. The molecule has 0 unspecified atom stereocenters. The number of thioether (sulfide) groups is 1. The Bertz CT molecular complexity index is 779. The number of methoxy groups -OCH3 is 2. The lowest BCUT2D eigenvalue weighted by atomic mass is 9.99. The maximum absolute atomic E-state index is 12.6. The molecule has 0 radical (unpaired) electrons. The molecule has 2 aromatic carbocycles. The summed E-state index contributed by atoms with van der Waals surface area (Å²) in [5.74, 6) is 1.07. The van der Waals surface area contributed by atoms with Crippen molar-refractivity contribution in [2.45, 2.75) is 22.5 Å². The number of hydrogen-bond donors (Lipinski definition) is 2. The lowest BCUT2D eigenvalue weighted by Gasteiger charge is -2.36. The highest BCUT2D eigenvalue weighted by molar-refractivity contribution is 8.00. The number of para-hydroxylation sites is 1. The largest absolute Gasteiger partial charge is 0.493 e. The fourth-order valence-electron chi connectivity index (χ4n) is 3.19. The van der Waals surface area contributed by atoms with Crippen LogP contribution >= 0.6 is 11.8 Å². The van der Waals surface area contributed by atoms with Crippen molar-refractivity contribution in [2.24, 2.45) is 0 Å². The molecule has 0 bridgehead atoms. The topological polar surface area (TPSA) is 68.8 Å². The SMILES string of the molecule is COc1cccc(NC(=O)NCC2(Sc3ccccc3)CCOCC2)c1OC. The summed E-state index contributed by atoms with van der Waals surface area (Å²) in [7, 11) is 3.12. The molecule has 0 spiro atoms. The molecule has 1 saturated heterocycles. The average molecular weight is 403 g/mol. The van der Waals surface area contributed by atoms with Crippen molar-refractivity contribution in [1.82, 2.24) is 5.32 Å². The van der Waals surface area contributed by atoms with Crippen LogP contribution in [0, 0.1) is 0 Å². The molecule has 6 nitrogen and oxygen atoms in total. The molecule has 7 heteroatoms. The maximum Gasteiger partial charge on any atom is 0.319 e. The van der Waals surface area contributed by atoms with Crippen LogP contribution in [-0.2, 0) is 4.74 Å². The molecule has 1 heterocycles. The number of urea groups is 1. The molecular weight excluding hydrogens is 376 g/mol. The van der Waals surface area contributed by atoms with E-state index in [1.54, 1.807) is 38.1 Å². The zero-order valence-corrected chi connectivity index (χ0v) is 17.0. The lowest BCUT2D eigenvalue weighted by Crippen LogP contribution is -2.45. The number of benzene rings is 2. The molecule has 28 heavy (non-hydrogen) atoms. The van der Waals surface area contributed by atoms with Crippen LogP contribution in [0.1, 0.15) is 12.8 Å². The van der Waals surface area contributed by atoms with Crippen LogP contribution in [0.15, 0.2) is 53.4 Å². The van der Waals surface area contributed by atoms with E-state index in [4.69, 9.17) is 14.2 Å². The second-order valence-electron chi connectivity index (χ2n) is 6.56. The number of ether oxygens (including phenoxy) is 3. The van der Waals surface area contributed by atoms with E-state index in [9.17, 15) is 4.79 Å². The first-order valence-corrected chi connectivity index (χ1v) is 10.0. The van der Waals surface area contributed by atoms with E-state index in [0.717, 1.165) is 12.8 Å². The standard InChI is InChI=1S/C21H26N2O4S/c1-25-18-10-6-9-17(19(18)26-2)23-20(24)22-15-21(11-13-27-14-12-21)28-16-7-4-3-5-8-16/h3-10H,11-15H2,1-2H3,(H2,22,23,24). The van der Waals surface area contributed by atoms with Gasteiger partial charge in [-0.05, 0) is 37.1 Å². The third-order valence-electron chi connectivity index (χ3n) is 4.70. The summed E-state index contributed by atoms with van der Waals surface area (Å²) >= 11 is 1.81. The molecular formula is C21H26N2O4S. The molecule has 150 valence electrons. The summed E-state index contributed by atoms with van der Waals surface area (Å²) in [6, 6.07) is 15.4. The van der Waals surface area contributed by atoms with E-state index in [1.165, 1.54) is 4.90 Å². The van der Waals surface area contributed by atoms with Crippen molar-refractivity contribution in [3.05, 3.63) is 48.5 Å². The van der Waals surface area contributed by atoms with Gasteiger partial charge in [0.2, 0.25) is 0 Å². The Morgan fingerprint density at radius 2 is 1.82 bits per heavy atom. The molecule has 2 N–H and O–H groups in total. The Balaban J connectivity index is 1.66. The van der Waals surface area contributed by atoms with Gasteiger partial charge in [0.05, 0.1) is 19.9 Å². The predicted octanol–water partition coefficient (Wildman–Crippen LogP) is 4.17. The quantitative estimate of drug-likeness (QED) is 0.728. The van der Waals surface area contributed by atoms with Crippen molar-refractivity contribution in [3.8, 4) is 11.5 Å². The van der Waals surface area contributed by atoms with Gasteiger partial charge in [-0.2, -0.15) is 0 Å². The van der Waals surface area contributed by atoms with Gasteiger partial charge >= 0.3 is 6.03 Å². The zero-order valence-electron chi connectivity index (χ0n) is 16.2. The van der Waals surface area contributed by atoms with E-state index in [2.05, 4.69) is 22.8 Å². The van der Waals surface area contributed by atoms with Crippen molar-refractivity contribution in [1.29, 1.82) is 0 Å². The van der Waals surface area contributed by atoms with Gasteiger partial charge in [-0.3, -0.25) is 0 Å². The van der Waals surface area contributed by atoms with E-state index in [0.29, 0.717) is 36.9 Å². The molecule has 1 fully saturated rings. The number of anilines is 1. The van der Waals surface area contributed by atoms with E-state index < -0.39 is 0 Å². The van der Waals surface area contributed by atoms with Gasteiger partial charge in [-0.1, -0.05) is 24.3 Å². The number of nitrogens with one attached hydrogen (secondary N) is 2. The van der Waals surface area contributed by atoms with E-state index in [1.807, 2.05) is 24.3 Å². The second-order valence-corrected chi connectivity index (χ2v) is 8.10. The highest BCUT2D eigenvalue weighted by Gasteiger charge is 2.34. The summed E-state index contributed by atoms with van der Waals surface area (Å²) in [4.78, 5) is 13.8. The van der Waals surface area contributed by atoms with Crippen LogP contribution in [0.3, 0.4) is 0 Å². The van der Waals surface area contributed by atoms with Gasteiger partial charge in [0.1, 0.15) is 0 Å². The first kappa shape index (κ1) is 20.4. The normalized spacial score (nSPS) is 15.5. The first-order chi connectivity index (χ1) is 13.7. The van der Waals surface area contributed by atoms with Crippen LogP contribution in [0.4, 0.5) is 10.5 Å². The summed E-state index contributed by atoms with van der Waals surface area (Å²) < 4.78 is 16.1. The Labute approximate surface area is 169 Å². The molecule has 0 aliphatic carbocycles. The smallest absolute Gasteiger partial charge is 0.319 e. The van der Waals surface area contributed by atoms with Crippen molar-refractivity contribution in [2.75, 3.05) is 39.3 Å². The van der Waals surface area contributed by atoms with Crippen LogP contribution in [0.5, 0.6) is 11.5 Å². The predicted molar refractivity (Wildman–Crippen MR) is 112 cm³/mol. The fraction of sp³-hybridized carbons (Fsp3) is 0.381. The summed E-state index contributed by atoms with van der Waals surface area (Å²) in [6.07, 6.45) is 1.77. The van der Waals surface area contributed by atoms with Gasteiger partial charge in [-0.25, -0.2) is 4.79 Å². The Kier molecular flexibility index (Phi) is 7.06. The molecule has 1 aliphatic heterocycles. The average Bonchev–Trinajstić information content (AvgIpc) is 2.73. The van der Waals surface area contributed by atoms with Crippen molar-refractivity contribution >= 4 is 23.5 Å². The van der Waals surface area contributed by atoms with Gasteiger partial charge in [0.15, 0.2) is 11.5 Å². The maximum atomic E-state index is 12.6. The fourth-order valence-corrected chi connectivity index (χ4v) is 4.50. The van der Waals surface area contributed by atoms with Gasteiger partial charge in [-0.15, -0.1) is 11.8 Å². The van der Waals surface area contributed by atoms with Crippen LogP contribution in [0.2, 0.25) is 0 Å². The minimum atomic E-state index is -0.272. The number of rotatable bonds is 7. The summed E-state index contributed by atoms with van der Waals surface area (Å²) in [5.41, 5.74) is 0.566. The molecule has 0 aromatic heterocycles. The van der Waals surface area contributed by atoms with Crippen molar-refractivity contribution < 1.29 is 19.0 Å². The Morgan fingerprint density at radius 1 is 1.07 bits per heavy atom. The van der Waals surface area contributed by atoms with E-state index >= 15 is 0 Å². The van der Waals surface area contributed by atoms with Gasteiger partial charge < -0.3 is 24.8 Å². The Hall–Kier alpha value is -2.38.